The third-order valence-corrected chi connectivity index (χ3v) is 6.72. The number of hydrogen-bond donors (Lipinski definition) is 0. The maximum Gasteiger partial charge on any atom is 0.190 e. The predicted octanol–water partition coefficient (Wildman–Crippen LogP) is 3.92. The van der Waals surface area contributed by atoms with Crippen molar-refractivity contribution < 1.29 is 19.0 Å². The summed E-state index contributed by atoms with van der Waals surface area (Å²) in [4.78, 5) is 13.0. The van der Waals surface area contributed by atoms with Gasteiger partial charge in [0.1, 0.15) is 11.7 Å². The highest BCUT2D eigenvalue weighted by Gasteiger charge is 2.62. The van der Waals surface area contributed by atoms with Crippen LogP contribution in [-0.4, -0.2) is 35.0 Å². The fourth-order valence-corrected chi connectivity index (χ4v) is 5.05. The summed E-state index contributed by atoms with van der Waals surface area (Å²) in [7, 11) is 0. The Morgan fingerprint density at radius 3 is 2.58 bits per heavy atom. The van der Waals surface area contributed by atoms with Gasteiger partial charge in [0.15, 0.2) is 11.6 Å². The second-order valence-corrected chi connectivity index (χ2v) is 9.10. The van der Waals surface area contributed by atoms with Crippen molar-refractivity contribution in [1.29, 1.82) is 0 Å². The Morgan fingerprint density at radius 2 is 1.88 bits per heavy atom. The number of rotatable bonds is 0. The van der Waals surface area contributed by atoms with Crippen molar-refractivity contribution in [2.45, 2.75) is 102 Å². The van der Waals surface area contributed by atoms with E-state index in [1.807, 2.05) is 13.8 Å². The molecule has 0 aliphatic carbocycles. The van der Waals surface area contributed by atoms with Crippen LogP contribution in [0.5, 0.6) is 0 Å². The summed E-state index contributed by atoms with van der Waals surface area (Å²) < 4.78 is 18.9. The molecular formula is C20H30O4. The smallest absolute Gasteiger partial charge is 0.190 e. The highest BCUT2D eigenvalue weighted by molar-refractivity contribution is 6.01. The molecule has 24 heavy (non-hydrogen) atoms. The SMILES string of the molecule is CC(C)=C1CC[C@]2(C)CC[C@]3(O[C@@H](C[C@H]3C)C[C@]3(C)O[C@@H]3C1=O)O2. The second kappa shape index (κ2) is 5.15. The van der Waals surface area contributed by atoms with Gasteiger partial charge in [0.25, 0.3) is 0 Å². The van der Waals surface area contributed by atoms with Crippen LogP contribution in [0.1, 0.15) is 73.1 Å². The van der Waals surface area contributed by atoms with Gasteiger partial charge in [0.2, 0.25) is 0 Å². The number of ether oxygens (including phenoxy) is 3. The zero-order chi connectivity index (χ0) is 17.3. The minimum absolute atomic E-state index is 0.125. The summed E-state index contributed by atoms with van der Waals surface area (Å²) in [6.07, 6.45) is 5.21. The van der Waals surface area contributed by atoms with Gasteiger partial charge in [-0.3, -0.25) is 4.79 Å². The molecule has 0 N–H and O–H groups in total. The summed E-state index contributed by atoms with van der Waals surface area (Å²) in [5.41, 5.74) is 1.49. The van der Waals surface area contributed by atoms with Crippen LogP contribution >= 0.6 is 0 Å². The van der Waals surface area contributed by atoms with E-state index in [0.29, 0.717) is 5.92 Å². The van der Waals surface area contributed by atoms with Gasteiger partial charge >= 0.3 is 0 Å². The third-order valence-electron chi connectivity index (χ3n) is 6.72. The molecule has 4 heterocycles. The van der Waals surface area contributed by atoms with E-state index in [0.717, 1.165) is 49.7 Å². The molecule has 0 amide bonds. The van der Waals surface area contributed by atoms with Crippen molar-refractivity contribution in [3.05, 3.63) is 11.1 Å². The van der Waals surface area contributed by atoms with Crippen LogP contribution in [-0.2, 0) is 19.0 Å². The summed E-state index contributed by atoms with van der Waals surface area (Å²) in [5.74, 6) is 0.149. The standard InChI is InChI=1S/C20H30O4/c1-12(2)15-6-7-18(4)8-9-20(24-18)13(3)10-14(22-20)11-19(5)17(23-19)16(15)21/h13-14,17H,6-11H2,1-5H3/t13-,14+,17-,18-,19+,20+/m1/s1. The molecule has 0 unspecified atom stereocenters. The van der Waals surface area contributed by atoms with Gasteiger partial charge < -0.3 is 14.2 Å². The fourth-order valence-electron chi connectivity index (χ4n) is 5.05. The average Bonchev–Trinajstić information content (AvgIpc) is 2.87. The molecule has 4 nitrogen and oxygen atoms in total. The Bertz CT molecular complexity index is 607. The van der Waals surface area contributed by atoms with Gasteiger partial charge in [-0.1, -0.05) is 12.5 Å². The van der Waals surface area contributed by atoms with Crippen LogP contribution < -0.4 is 0 Å². The molecule has 3 bridgehead atoms. The summed E-state index contributed by atoms with van der Waals surface area (Å²) in [5, 5.41) is 0. The van der Waals surface area contributed by atoms with Crippen molar-refractivity contribution in [3.63, 3.8) is 0 Å². The lowest BCUT2D eigenvalue weighted by molar-refractivity contribution is -0.255. The number of hydrogen-bond acceptors (Lipinski definition) is 4. The number of epoxide rings is 1. The highest BCUT2D eigenvalue weighted by atomic mass is 16.7. The third kappa shape index (κ3) is 2.49. The van der Waals surface area contributed by atoms with E-state index in [1.165, 1.54) is 0 Å². The van der Waals surface area contributed by atoms with Gasteiger partial charge in [0, 0.05) is 18.8 Å². The molecule has 0 saturated carbocycles. The normalized spacial score (nSPS) is 51.0. The van der Waals surface area contributed by atoms with Crippen LogP contribution in [0.4, 0.5) is 0 Å². The topological polar surface area (TPSA) is 48.1 Å². The number of carbonyl (C=O) groups excluding carboxylic acids is 1. The van der Waals surface area contributed by atoms with Gasteiger partial charge in [-0.15, -0.1) is 0 Å². The molecule has 0 aromatic rings. The molecule has 4 saturated heterocycles. The molecule has 4 fully saturated rings. The summed E-state index contributed by atoms with van der Waals surface area (Å²) >= 11 is 0. The quantitative estimate of drug-likeness (QED) is 0.497. The molecule has 0 aromatic carbocycles. The lowest BCUT2D eigenvalue weighted by atomic mass is 9.86. The zero-order valence-corrected chi connectivity index (χ0v) is 15.6. The molecule has 6 atom stereocenters. The number of fused-ring (bicyclic) bond motifs is 3. The molecular weight excluding hydrogens is 304 g/mol. The minimum atomic E-state index is -0.422. The molecule has 4 aliphatic rings. The first kappa shape index (κ1) is 16.7. The Morgan fingerprint density at radius 1 is 1.12 bits per heavy atom. The van der Waals surface area contributed by atoms with Crippen LogP contribution in [0.2, 0.25) is 0 Å². The highest BCUT2D eigenvalue weighted by Crippen LogP contribution is 2.54. The molecule has 0 radical (unpaired) electrons. The van der Waals surface area contributed by atoms with Crippen molar-refractivity contribution >= 4 is 5.78 Å². The fraction of sp³-hybridized carbons (Fsp3) is 0.850. The van der Waals surface area contributed by atoms with E-state index < -0.39 is 5.79 Å². The Hall–Kier alpha value is -0.710. The Labute approximate surface area is 144 Å². The first-order chi connectivity index (χ1) is 11.2. The van der Waals surface area contributed by atoms with Crippen LogP contribution in [0.25, 0.3) is 0 Å². The molecule has 0 aromatic heterocycles. The lowest BCUT2D eigenvalue weighted by Gasteiger charge is -2.33. The van der Waals surface area contributed by atoms with Gasteiger partial charge in [-0.05, 0) is 59.0 Å². The zero-order valence-electron chi connectivity index (χ0n) is 15.6. The van der Waals surface area contributed by atoms with Gasteiger partial charge in [0.05, 0.1) is 11.7 Å². The molecule has 4 heteroatoms. The van der Waals surface area contributed by atoms with Crippen LogP contribution in [0.3, 0.4) is 0 Å². The Balaban J connectivity index is 1.68. The number of carbonyl (C=O) groups is 1. The number of allylic oxidation sites excluding steroid dienone is 1. The number of Topliss-reactive ketones (excluding diaryl/α,β-unsaturated/α-hetero) is 1. The van der Waals surface area contributed by atoms with Crippen molar-refractivity contribution in [2.75, 3.05) is 0 Å². The Kier molecular flexibility index (Phi) is 3.59. The summed E-state index contributed by atoms with van der Waals surface area (Å²) in [6.45, 7) is 10.6. The predicted molar refractivity (Wildman–Crippen MR) is 90.6 cm³/mol. The molecule has 4 rings (SSSR count). The second-order valence-electron chi connectivity index (χ2n) is 9.10. The number of ketones is 1. The maximum atomic E-state index is 13.0. The van der Waals surface area contributed by atoms with Crippen molar-refractivity contribution in [3.8, 4) is 0 Å². The maximum absolute atomic E-state index is 13.0. The van der Waals surface area contributed by atoms with Crippen LogP contribution in [0.15, 0.2) is 11.1 Å². The van der Waals surface area contributed by atoms with E-state index in [4.69, 9.17) is 14.2 Å². The van der Waals surface area contributed by atoms with Crippen molar-refractivity contribution in [2.24, 2.45) is 5.92 Å². The van der Waals surface area contributed by atoms with E-state index in [2.05, 4.69) is 20.8 Å². The van der Waals surface area contributed by atoms with E-state index >= 15 is 0 Å². The molecule has 4 aliphatic heterocycles. The van der Waals surface area contributed by atoms with E-state index in [1.54, 1.807) is 0 Å². The first-order valence-corrected chi connectivity index (χ1v) is 9.43. The van der Waals surface area contributed by atoms with E-state index in [9.17, 15) is 4.79 Å². The largest absolute Gasteiger partial charge is 0.358 e. The lowest BCUT2D eigenvalue weighted by Crippen LogP contribution is -2.39. The van der Waals surface area contributed by atoms with Gasteiger partial charge in [-0.2, -0.15) is 0 Å². The molecule has 134 valence electrons. The average molecular weight is 334 g/mol. The van der Waals surface area contributed by atoms with E-state index in [-0.39, 0.29) is 29.2 Å². The molecule has 1 spiro atoms. The minimum Gasteiger partial charge on any atom is -0.358 e. The van der Waals surface area contributed by atoms with Crippen LogP contribution in [0, 0.1) is 5.92 Å². The summed E-state index contributed by atoms with van der Waals surface area (Å²) in [6, 6.07) is 0. The van der Waals surface area contributed by atoms with Crippen molar-refractivity contribution in [1.82, 2.24) is 0 Å². The van der Waals surface area contributed by atoms with Gasteiger partial charge in [-0.25, -0.2) is 0 Å². The first-order valence-electron chi connectivity index (χ1n) is 9.43. The monoisotopic (exact) mass is 334 g/mol.